The zero-order chi connectivity index (χ0) is 13.7. The SMILES string of the molecule is O=C(CCl)CC(=O)Nc1cc([N+](=O)[O-])ccc1F. The lowest BCUT2D eigenvalue weighted by Crippen LogP contribution is -2.17. The number of rotatable bonds is 5. The summed E-state index contributed by atoms with van der Waals surface area (Å²) in [6, 6.07) is 2.70. The highest BCUT2D eigenvalue weighted by Gasteiger charge is 2.14. The first kappa shape index (κ1) is 14.0. The van der Waals surface area contributed by atoms with Crippen molar-refractivity contribution in [3.05, 3.63) is 34.1 Å². The number of alkyl halides is 1. The molecule has 18 heavy (non-hydrogen) atoms. The second kappa shape index (κ2) is 6.06. The van der Waals surface area contributed by atoms with Crippen LogP contribution >= 0.6 is 11.6 Å². The minimum absolute atomic E-state index is 0.329. The Hall–Kier alpha value is -2.02. The first-order chi connectivity index (χ1) is 8.43. The van der Waals surface area contributed by atoms with Gasteiger partial charge in [0, 0.05) is 12.1 Å². The Morgan fingerprint density at radius 1 is 1.44 bits per heavy atom. The first-order valence-electron chi connectivity index (χ1n) is 4.75. The molecule has 0 atom stereocenters. The zero-order valence-electron chi connectivity index (χ0n) is 8.98. The topological polar surface area (TPSA) is 89.3 Å². The maximum absolute atomic E-state index is 13.3. The number of hydrogen-bond donors (Lipinski definition) is 1. The lowest BCUT2D eigenvalue weighted by molar-refractivity contribution is -0.384. The van der Waals surface area contributed by atoms with Gasteiger partial charge in [0.05, 0.1) is 22.9 Å². The van der Waals surface area contributed by atoms with Crippen LogP contribution in [0.25, 0.3) is 0 Å². The van der Waals surface area contributed by atoms with Crippen LogP contribution in [0.5, 0.6) is 0 Å². The number of nitro benzene ring substituents is 1. The third kappa shape index (κ3) is 3.77. The molecule has 0 saturated carbocycles. The number of anilines is 1. The van der Waals surface area contributed by atoms with Gasteiger partial charge in [-0.2, -0.15) is 0 Å². The van der Waals surface area contributed by atoms with Crippen molar-refractivity contribution in [2.24, 2.45) is 0 Å². The number of ketones is 1. The van der Waals surface area contributed by atoms with Crippen molar-refractivity contribution in [3.63, 3.8) is 0 Å². The number of halogens is 2. The maximum Gasteiger partial charge on any atom is 0.271 e. The molecule has 0 bridgehead atoms. The molecule has 0 spiro atoms. The van der Waals surface area contributed by atoms with Crippen molar-refractivity contribution in [3.8, 4) is 0 Å². The van der Waals surface area contributed by atoms with Crippen molar-refractivity contribution < 1.29 is 18.9 Å². The third-order valence-electron chi connectivity index (χ3n) is 1.94. The van der Waals surface area contributed by atoms with Crippen molar-refractivity contribution >= 4 is 34.7 Å². The summed E-state index contributed by atoms with van der Waals surface area (Å²) in [6.07, 6.45) is -0.508. The minimum Gasteiger partial charge on any atom is -0.323 e. The van der Waals surface area contributed by atoms with Gasteiger partial charge in [-0.25, -0.2) is 4.39 Å². The van der Waals surface area contributed by atoms with Crippen LogP contribution in [-0.4, -0.2) is 22.5 Å². The van der Waals surface area contributed by atoms with Crippen LogP contribution in [-0.2, 0) is 9.59 Å². The van der Waals surface area contributed by atoms with Crippen molar-refractivity contribution in [1.82, 2.24) is 0 Å². The van der Waals surface area contributed by atoms with Crippen molar-refractivity contribution in [2.75, 3.05) is 11.2 Å². The van der Waals surface area contributed by atoms with Gasteiger partial charge < -0.3 is 5.32 Å². The Balaban J connectivity index is 2.83. The molecule has 0 aromatic heterocycles. The monoisotopic (exact) mass is 274 g/mol. The number of hydrogen-bond acceptors (Lipinski definition) is 4. The van der Waals surface area contributed by atoms with E-state index >= 15 is 0 Å². The molecule has 0 radical (unpaired) electrons. The average molecular weight is 275 g/mol. The Morgan fingerprint density at radius 2 is 2.11 bits per heavy atom. The van der Waals surface area contributed by atoms with E-state index in [-0.39, 0.29) is 17.3 Å². The van der Waals surface area contributed by atoms with E-state index in [1.165, 1.54) is 0 Å². The second-order valence-corrected chi connectivity index (χ2v) is 3.59. The van der Waals surface area contributed by atoms with Crippen LogP contribution < -0.4 is 5.32 Å². The normalized spacial score (nSPS) is 9.89. The van der Waals surface area contributed by atoms with Crippen LogP contribution in [0, 0.1) is 15.9 Å². The summed E-state index contributed by atoms with van der Waals surface area (Å²) in [5.74, 6) is -2.46. The largest absolute Gasteiger partial charge is 0.323 e. The predicted molar refractivity (Wildman–Crippen MR) is 62.0 cm³/mol. The molecule has 0 aliphatic carbocycles. The lowest BCUT2D eigenvalue weighted by atomic mass is 10.2. The molecule has 1 amide bonds. The summed E-state index contributed by atoms with van der Waals surface area (Å²) < 4.78 is 13.3. The molecule has 0 unspecified atom stereocenters. The summed E-state index contributed by atoms with van der Waals surface area (Å²) in [6.45, 7) is 0. The highest BCUT2D eigenvalue weighted by atomic mass is 35.5. The highest BCUT2D eigenvalue weighted by Crippen LogP contribution is 2.21. The molecule has 96 valence electrons. The molecule has 1 aromatic rings. The summed E-state index contributed by atoms with van der Waals surface area (Å²) in [4.78, 5) is 31.9. The first-order valence-corrected chi connectivity index (χ1v) is 5.29. The van der Waals surface area contributed by atoms with E-state index < -0.39 is 28.9 Å². The summed E-state index contributed by atoms with van der Waals surface area (Å²) >= 11 is 5.20. The number of Topliss-reactive ketones (excluding diaryl/α,β-unsaturated/α-hetero) is 1. The summed E-state index contributed by atoms with van der Waals surface area (Å²) in [7, 11) is 0. The fourth-order valence-electron chi connectivity index (χ4n) is 1.14. The van der Waals surface area contributed by atoms with Gasteiger partial charge in [-0.05, 0) is 6.07 Å². The predicted octanol–water partition coefficient (Wildman–Crippen LogP) is 1.87. The van der Waals surface area contributed by atoms with E-state index in [1.807, 2.05) is 0 Å². The van der Waals surface area contributed by atoms with Gasteiger partial charge >= 0.3 is 0 Å². The number of nitrogens with one attached hydrogen (secondary N) is 1. The quantitative estimate of drug-likeness (QED) is 0.384. The van der Waals surface area contributed by atoms with E-state index in [1.54, 1.807) is 0 Å². The van der Waals surface area contributed by atoms with E-state index in [4.69, 9.17) is 11.6 Å². The number of amides is 1. The molecule has 1 rings (SSSR count). The van der Waals surface area contributed by atoms with E-state index in [2.05, 4.69) is 5.32 Å². The van der Waals surface area contributed by atoms with Gasteiger partial charge in [0.25, 0.3) is 5.69 Å². The molecule has 1 N–H and O–H groups in total. The number of nitro groups is 1. The second-order valence-electron chi connectivity index (χ2n) is 3.32. The molecule has 6 nitrogen and oxygen atoms in total. The minimum atomic E-state index is -0.827. The van der Waals surface area contributed by atoms with E-state index in [0.717, 1.165) is 18.2 Å². The smallest absolute Gasteiger partial charge is 0.271 e. The number of benzene rings is 1. The Labute approximate surface area is 106 Å². The van der Waals surface area contributed by atoms with Gasteiger partial charge in [0.1, 0.15) is 5.82 Å². The van der Waals surface area contributed by atoms with E-state index in [9.17, 15) is 24.1 Å². The zero-order valence-corrected chi connectivity index (χ0v) is 9.74. The fraction of sp³-hybridized carbons (Fsp3) is 0.200. The fourth-order valence-corrected chi connectivity index (χ4v) is 1.24. The number of non-ortho nitro benzene ring substituents is 1. The molecule has 0 heterocycles. The number of nitrogens with zero attached hydrogens (tertiary/aromatic N) is 1. The number of carbonyl (C=O) groups excluding carboxylic acids is 2. The van der Waals surface area contributed by atoms with Crippen molar-refractivity contribution in [1.29, 1.82) is 0 Å². The Bertz CT molecular complexity index is 507. The number of carbonyl (C=O) groups is 2. The van der Waals surface area contributed by atoms with Crippen LogP contribution in [0.1, 0.15) is 6.42 Å². The lowest BCUT2D eigenvalue weighted by Gasteiger charge is -2.05. The molecule has 0 aliphatic heterocycles. The summed E-state index contributed by atoms with van der Waals surface area (Å²) in [5.41, 5.74) is -0.716. The van der Waals surface area contributed by atoms with Gasteiger partial charge in [-0.1, -0.05) is 0 Å². The van der Waals surface area contributed by atoms with Gasteiger partial charge in [-0.3, -0.25) is 19.7 Å². The van der Waals surface area contributed by atoms with Gasteiger partial charge in [0.15, 0.2) is 5.78 Å². The summed E-state index contributed by atoms with van der Waals surface area (Å²) in [5, 5.41) is 12.5. The van der Waals surface area contributed by atoms with Gasteiger partial charge in [0.2, 0.25) is 5.91 Å². The molecule has 0 aliphatic rings. The standard InChI is InChI=1S/C10H8ClFN2O4/c11-5-7(15)4-10(16)13-9-3-6(14(17)18)1-2-8(9)12/h1-3H,4-5H2,(H,13,16). The van der Waals surface area contributed by atoms with Crippen LogP contribution in [0.2, 0.25) is 0 Å². The third-order valence-corrected chi connectivity index (χ3v) is 2.24. The molecular weight excluding hydrogens is 267 g/mol. The van der Waals surface area contributed by atoms with Crippen LogP contribution in [0.15, 0.2) is 18.2 Å². The van der Waals surface area contributed by atoms with Crippen LogP contribution in [0.3, 0.4) is 0 Å². The molecule has 1 aromatic carbocycles. The Morgan fingerprint density at radius 3 is 2.67 bits per heavy atom. The average Bonchev–Trinajstić information content (AvgIpc) is 2.31. The molecular formula is C10H8ClFN2O4. The van der Waals surface area contributed by atoms with Gasteiger partial charge in [-0.15, -0.1) is 11.6 Å². The molecule has 8 heteroatoms. The molecule has 0 saturated heterocycles. The Kier molecular flexibility index (Phi) is 4.73. The molecule has 0 fully saturated rings. The van der Waals surface area contributed by atoms with E-state index in [0.29, 0.717) is 0 Å². The highest BCUT2D eigenvalue weighted by molar-refractivity contribution is 6.29. The van der Waals surface area contributed by atoms with Crippen LogP contribution in [0.4, 0.5) is 15.8 Å². The van der Waals surface area contributed by atoms with Crippen molar-refractivity contribution in [2.45, 2.75) is 6.42 Å². The maximum atomic E-state index is 13.3.